The molecule has 1 aliphatic heterocycles. The quantitative estimate of drug-likeness (QED) is 0.618. The summed E-state index contributed by atoms with van der Waals surface area (Å²) in [6.07, 6.45) is 0. The monoisotopic (exact) mass is 324 g/mol. The molecule has 0 radical (unpaired) electrons. The van der Waals surface area contributed by atoms with Gasteiger partial charge in [-0.05, 0) is 13.8 Å². The van der Waals surface area contributed by atoms with E-state index in [2.05, 4.69) is 39.5 Å². The minimum Gasteiger partial charge on any atom is -0.355 e. The summed E-state index contributed by atoms with van der Waals surface area (Å²) >= 11 is 2.05. The average Bonchev–Trinajstić information content (AvgIpc) is 2.77. The van der Waals surface area contributed by atoms with E-state index in [1.165, 1.54) is 35.9 Å². The molecule has 0 saturated carbocycles. The van der Waals surface area contributed by atoms with Gasteiger partial charge in [0.25, 0.3) is 0 Å². The van der Waals surface area contributed by atoms with Crippen molar-refractivity contribution in [2.45, 2.75) is 20.4 Å². The van der Waals surface area contributed by atoms with Crippen LogP contribution in [0.2, 0.25) is 0 Å². The lowest BCUT2D eigenvalue weighted by molar-refractivity contribution is 0.307. The van der Waals surface area contributed by atoms with Crippen LogP contribution in [0.1, 0.15) is 17.0 Å². The third-order valence-corrected chi connectivity index (χ3v) is 5.08. The van der Waals surface area contributed by atoms with Crippen molar-refractivity contribution in [1.29, 1.82) is 0 Å². The highest BCUT2D eigenvalue weighted by molar-refractivity contribution is 7.99. The number of aryl methyl sites for hydroxylation is 2. The van der Waals surface area contributed by atoms with Crippen LogP contribution in [0.3, 0.4) is 0 Å². The Bertz CT molecular complexity index is 504. The van der Waals surface area contributed by atoms with E-state index in [0.717, 1.165) is 31.3 Å². The van der Waals surface area contributed by atoms with Gasteiger partial charge in [-0.25, -0.2) is 0 Å². The van der Waals surface area contributed by atoms with E-state index < -0.39 is 0 Å². The molecule has 1 aliphatic rings. The molecule has 1 aromatic heterocycles. The third kappa shape index (κ3) is 4.64. The van der Waals surface area contributed by atoms with Gasteiger partial charge in [0.15, 0.2) is 5.96 Å². The van der Waals surface area contributed by atoms with Gasteiger partial charge in [-0.3, -0.25) is 14.6 Å². The summed E-state index contributed by atoms with van der Waals surface area (Å²) in [7, 11) is 3.80. The highest BCUT2D eigenvalue weighted by Crippen LogP contribution is 2.11. The molecular weight excluding hydrogens is 296 g/mol. The molecule has 0 atom stereocenters. The zero-order valence-corrected chi connectivity index (χ0v) is 15.0. The standard InChI is InChI=1S/C15H28N6S/c1-12-14(13(2)20(4)19-12)11-18-15(16-3)17-5-6-21-7-9-22-10-8-21/h5-11H2,1-4H3,(H2,16,17,18). The molecule has 2 heterocycles. The number of nitrogens with one attached hydrogen (secondary N) is 2. The van der Waals surface area contributed by atoms with Gasteiger partial charge in [0.1, 0.15) is 0 Å². The second-order valence-corrected chi connectivity index (χ2v) is 6.80. The first kappa shape index (κ1) is 17.1. The van der Waals surface area contributed by atoms with Crippen molar-refractivity contribution in [2.75, 3.05) is 44.7 Å². The normalized spacial score (nSPS) is 16.8. The lowest BCUT2D eigenvalue weighted by Gasteiger charge is -2.26. The Morgan fingerprint density at radius 1 is 1.27 bits per heavy atom. The first-order valence-corrected chi connectivity index (χ1v) is 9.01. The molecule has 22 heavy (non-hydrogen) atoms. The van der Waals surface area contributed by atoms with E-state index in [1.54, 1.807) is 0 Å². The molecule has 0 unspecified atom stereocenters. The smallest absolute Gasteiger partial charge is 0.191 e. The molecule has 7 heteroatoms. The van der Waals surface area contributed by atoms with Crippen molar-refractivity contribution in [3.05, 3.63) is 17.0 Å². The molecule has 0 aliphatic carbocycles. The van der Waals surface area contributed by atoms with Crippen molar-refractivity contribution >= 4 is 17.7 Å². The van der Waals surface area contributed by atoms with Gasteiger partial charge < -0.3 is 10.6 Å². The van der Waals surface area contributed by atoms with Crippen LogP contribution in [-0.4, -0.2) is 65.4 Å². The Labute approximate surface area is 137 Å². The molecule has 124 valence electrons. The summed E-state index contributed by atoms with van der Waals surface area (Å²) < 4.78 is 1.93. The van der Waals surface area contributed by atoms with Crippen LogP contribution < -0.4 is 10.6 Å². The molecule has 0 amide bonds. The predicted octanol–water partition coefficient (Wildman–Crippen LogP) is 0.751. The highest BCUT2D eigenvalue weighted by atomic mass is 32.2. The molecule has 0 spiro atoms. The number of hydrogen-bond acceptors (Lipinski definition) is 4. The minimum absolute atomic E-state index is 0.755. The molecular formula is C15H28N6S. The number of aliphatic imine (C=N–C) groups is 1. The Hall–Kier alpha value is -1.21. The maximum atomic E-state index is 4.45. The lowest BCUT2D eigenvalue weighted by Crippen LogP contribution is -2.43. The summed E-state index contributed by atoms with van der Waals surface area (Å²) in [5.74, 6) is 3.37. The summed E-state index contributed by atoms with van der Waals surface area (Å²) in [5, 5.41) is 11.2. The fraction of sp³-hybridized carbons (Fsp3) is 0.733. The number of rotatable bonds is 5. The van der Waals surface area contributed by atoms with Gasteiger partial charge in [0, 0.05) is 69.6 Å². The van der Waals surface area contributed by atoms with Crippen molar-refractivity contribution < 1.29 is 0 Å². The molecule has 1 aromatic rings. The second kappa shape index (κ2) is 8.43. The Kier molecular flexibility index (Phi) is 6.57. The zero-order valence-electron chi connectivity index (χ0n) is 14.1. The zero-order chi connectivity index (χ0) is 15.9. The summed E-state index contributed by atoms with van der Waals surface area (Å²) in [4.78, 5) is 6.80. The van der Waals surface area contributed by atoms with E-state index in [-0.39, 0.29) is 0 Å². The van der Waals surface area contributed by atoms with Crippen LogP contribution in [0.4, 0.5) is 0 Å². The van der Waals surface area contributed by atoms with Crippen LogP contribution >= 0.6 is 11.8 Å². The molecule has 1 fully saturated rings. The number of aromatic nitrogens is 2. The van der Waals surface area contributed by atoms with E-state index in [0.29, 0.717) is 0 Å². The van der Waals surface area contributed by atoms with Gasteiger partial charge in [0.05, 0.1) is 5.69 Å². The van der Waals surface area contributed by atoms with E-state index in [4.69, 9.17) is 0 Å². The summed E-state index contributed by atoms with van der Waals surface area (Å²) in [6.45, 7) is 9.31. The van der Waals surface area contributed by atoms with Gasteiger partial charge in [-0.1, -0.05) is 0 Å². The van der Waals surface area contributed by atoms with Crippen molar-refractivity contribution in [2.24, 2.45) is 12.0 Å². The molecule has 2 N–H and O–H groups in total. The van der Waals surface area contributed by atoms with E-state index in [9.17, 15) is 0 Å². The molecule has 2 rings (SSSR count). The maximum absolute atomic E-state index is 4.45. The van der Waals surface area contributed by atoms with Gasteiger partial charge in [-0.2, -0.15) is 16.9 Å². The molecule has 1 saturated heterocycles. The Morgan fingerprint density at radius 2 is 2.00 bits per heavy atom. The SMILES string of the molecule is CN=C(NCCN1CCSCC1)NCc1c(C)nn(C)c1C. The van der Waals surface area contributed by atoms with Crippen molar-refractivity contribution in [1.82, 2.24) is 25.3 Å². The van der Waals surface area contributed by atoms with E-state index in [1.807, 2.05) is 30.5 Å². The van der Waals surface area contributed by atoms with Gasteiger partial charge in [-0.15, -0.1) is 0 Å². The molecule has 0 aromatic carbocycles. The number of hydrogen-bond donors (Lipinski definition) is 2. The molecule has 6 nitrogen and oxygen atoms in total. The Balaban J connectivity index is 1.75. The number of nitrogens with zero attached hydrogens (tertiary/aromatic N) is 4. The fourth-order valence-electron chi connectivity index (χ4n) is 2.62. The highest BCUT2D eigenvalue weighted by Gasteiger charge is 2.11. The third-order valence-electron chi connectivity index (χ3n) is 4.14. The minimum atomic E-state index is 0.755. The maximum Gasteiger partial charge on any atom is 0.191 e. The predicted molar refractivity (Wildman–Crippen MR) is 94.6 cm³/mol. The van der Waals surface area contributed by atoms with Crippen LogP contribution in [-0.2, 0) is 13.6 Å². The Morgan fingerprint density at radius 3 is 2.59 bits per heavy atom. The number of guanidine groups is 1. The van der Waals surface area contributed by atoms with Crippen molar-refractivity contribution in [3.8, 4) is 0 Å². The molecule has 0 bridgehead atoms. The lowest BCUT2D eigenvalue weighted by atomic mass is 10.2. The topological polar surface area (TPSA) is 57.5 Å². The first-order valence-electron chi connectivity index (χ1n) is 7.85. The van der Waals surface area contributed by atoms with E-state index >= 15 is 0 Å². The van der Waals surface area contributed by atoms with Crippen molar-refractivity contribution in [3.63, 3.8) is 0 Å². The average molecular weight is 324 g/mol. The fourth-order valence-corrected chi connectivity index (χ4v) is 3.60. The van der Waals surface area contributed by atoms with Gasteiger partial charge >= 0.3 is 0 Å². The largest absolute Gasteiger partial charge is 0.355 e. The summed E-state index contributed by atoms with van der Waals surface area (Å²) in [5.41, 5.74) is 3.53. The van der Waals surface area contributed by atoms with Crippen LogP contribution in [0.25, 0.3) is 0 Å². The van der Waals surface area contributed by atoms with Gasteiger partial charge in [0.2, 0.25) is 0 Å². The first-order chi connectivity index (χ1) is 10.6. The van der Waals surface area contributed by atoms with Crippen LogP contribution in [0, 0.1) is 13.8 Å². The van der Waals surface area contributed by atoms with Crippen LogP contribution in [0.5, 0.6) is 0 Å². The second-order valence-electron chi connectivity index (χ2n) is 5.58. The van der Waals surface area contributed by atoms with Crippen LogP contribution in [0.15, 0.2) is 4.99 Å². The number of thioether (sulfide) groups is 1. The summed E-state index contributed by atoms with van der Waals surface area (Å²) in [6, 6.07) is 0.